The molecular formula is C20H22F2N2O4. The molecule has 0 aliphatic rings. The van der Waals surface area contributed by atoms with E-state index < -0.39 is 11.6 Å². The molecular weight excluding hydrogens is 370 g/mol. The lowest BCUT2D eigenvalue weighted by atomic mass is 10.2. The number of nitrogens with one attached hydrogen (secondary N) is 1. The fourth-order valence-electron chi connectivity index (χ4n) is 2.45. The molecule has 0 bridgehead atoms. The third kappa shape index (κ3) is 6.22. The minimum atomic E-state index is -1.05. The monoisotopic (exact) mass is 392 g/mol. The average molecular weight is 392 g/mol. The van der Waals surface area contributed by atoms with Gasteiger partial charge in [0.05, 0.1) is 13.7 Å². The first-order chi connectivity index (χ1) is 13.4. The van der Waals surface area contributed by atoms with Crippen LogP contribution in [0.25, 0.3) is 0 Å². The van der Waals surface area contributed by atoms with Gasteiger partial charge in [0.15, 0.2) is 11.6 Å². The fraction of sp³-hybridized carbons (Fsp3) is 0.300. The molecule has 0 spiro atoms. The molecule has 2 amide bonds. The van der Waals surface area contributed by atoms with E-state index in [0.717, 1.165) is 17.9 Å². The van der Waals surface area contributed by atoms with Gasteiger partial charge in [0.2, 0.25) is 11.8 Å². The Hall–Kier alpha value is -3.16. The molecule has 0 fully saturated rings. The first-order valence-corrected chi connectivity index (χ1v) is 8.67. The molecule has 2 aromatic rings. The van der Waals surface area contributed by atoms with Crippen molar-refractivity contribution in [1.82, 2.24) is 5.32 Å². The highest BCUT2D eigenvalue weighted by atomic mass is 19.2. The molecule has 2 rings (SSSR count). The number of anilines is 1. The van der Waals surface area contributed by atoms with Crippen LogP contribution in [0.5, 0.6) is 11.5 Å². The first kappa shape index (κ1) is 21.1. The average Bonchev–Trinajstić information content (AvgIpc) is 2.68. The summed E-state index contributed by atoms with van der Waals surface area (Å²) in [5.74, 6) is -1.34. The van der Waals surface area contributed by atoms with E-state index in [-0.39, 0.29) is 43.6 Å². The Bertz CT molecular complexity index is 812. The van der Waals surface area contributed by atoms with Crippen LogP contribution in [0, 0.1) is 11.6 Å². The van der Waals surface area contributed by atoms with Crippen molar-refractivity contribution in [2.24, 2.45) is 0 Å². The summed E-state index contributed by atoms with van der Waals surface area (Å²) in [7, 11) is 1.57. The maximum Gasteiger partial charge on any atom is 0.223 e. The smallest absolute Gasteiger partial charge is 0.223 e. The SMILES string of the molecule is COc1ccc(OCCNC(=O)CCN(C(C)=O)c2ccc(F)c(F)c2)cc1. The summed E-state index contributed by atoms with van der Waals surface area (Å²) in [6.45, 7) is 1.90. The van der Waals surface area contributed by atoms with Crippen LogP contribution in [0.15, 0.2) is 42.5 Å². The molecule has 0 unspecified atom stereocenters. The van der Waals surface area contributed by atoms with Gasteiger partial charge in [-0.25, -0.2) is 8.78 Å². The molecule has 2 aromatic carbocycles. The summed E-state index contributed by atoms with van der Waals surface area (Å²) >= 11 is 0. The molecule has 0 saturated heterocycles. The zero-order valence-electron chi connectivity index (χ0n) is 15.7. The predicted molar refractivity (Wildman–Crippen MR) is 101 cm³/mol. The Morgan fingerprint density at radius 2 is 1.71 bits per heavy atom. The summed E-state index contributed by atoms with van der Waals surface area (Å²) in [5, 5.41) is 2.68. The van der Waals surface area contributed by atoms with Gasteiger partial charge < -0.3 is 19.7 Å². The second kappa shape index (κ2) is 10.2. The number of rotatable bonds is 9. The summed E-state index contributed by atoms with van der Waals surface area (Å²) in [5.41, 5.74) is 0.196. The van der Waals surface area contributed by atoms with Crippen LogP contribution in [0.4, 0.5) is 14.5 Å². The number of amides is 2. The van der Waals surface area contributed by atoms with E-state index in [2.05, 4.69) is 5.32 Å². The van der Waals surface area contributed by atoms with Crippen LogP contribution in [0.3, 0.4) is 0 Å². The van der Waals surface area contributed by atoms with E-state index in [0.29, 0.717) is 5.75 Å². The lowest BCUT2D eigenvalue weighted by Gasteiger charge is -2.21. The predicted octanol–water partition coefficient (Wildman–Crippen LogP) is 2.91. The van der Waals surface area contributed by atoms with Crippen LogP contribution in [-0.2, 0) is 9.59 Å². The number of benzene rings is 2. The number of methoxy groups -OCH3 is 1. The molecule has 1 N–H and O–H groups in total. The zero-order valence-corrected chi connectivity index (χ0v) is 15.7. The molecule has 0 radical (unpaired) electrons. The molecule has 6 nitrogen and oxygen atoms in total. The highest BCUT2D eigenvalue weighted by Crippen LogP contribution is 2.19. The van der Waals surface area contributed by atoms with Crippen molar-refractivity contribution < 1.29 is 27.8 Å². The van der Waals surface area contributed by atoms with Crippen molar-refractivity contribution in [2.75, 3.05) is 31.7 Å². The standard InChI is InChI=1S/C20H22F2N2O4/c1-14(25)24(15-3-8-18(21)19(22)13-15)11-9-20(26)23-10-12-28-17-6-4-16(27-2)5-7-17/h3-8,13H,9-12H2,1-2H3,(H,23,26). The largest absolute Gasteiger partial charge is 0.497 e. The Balaban J connectivity index is 1.76. The molecule has 8 heteroatoms. The molecule has 28 heavy (non-hydrogen) atoms. The van der Waals surface area contributed by atoms with Gasteiger partial charge in [0.25, 0.3) is 0 Å². The molecule has 150 valence electrons. The third-order valence-electron chi connectivity index (χ3n) is 3.91. The molecule has 0 aliphatic carbocycles. The molecule has 0 aliphatic heterocycles. The van der Waals surface area contributed by atoms with E-state index >= 15 is 0 Å². The van der Waals surface area contributed by atoms with Crippen LogP contribution < -0.4 is 19.7 Å². The molecule has 0 saturated carbocycles. The summed E-state index contributed by atoms with van der Waals surface area (Å²) in [6, 6.07) is 10.2. The van der Waals surface area contributed by atoms with E-state index in [1.165, 1.54) is 17.9 Å². The second-order valence-electron chi connectivity index (χ2n) is 5.89. The maximum absolute atomic E-state index is 13.4. The Morgan fingerprint density at radius 3 is 2.32 bits per heavy atom. The van der Waals surface area contributed by atoms with Crippen molar-refractivity contribution in [3.05, 3.63) is 54.1 Å². The first-order valence-electron chi connectivity index (χ1n) is 8.67. The van der Waals surface area contributed by atoms with Gasteiger partial charge in [-0.05, 0) is 36.4 Å². The van der Waals surface area contributed by atoms with Crippen molar-refractivity contribution in [3.63, 3.8) is 0 Å². The van der Waals surface area contributed by atoms with Gasteiger partial charge in [0, 0.05) is 31.6 Å². The quantitative estimate of drug-likeness (QED) is 0.667. The Labute approximate surface area is 162 Å². The van der Waals surface area contributed by atoms with Gasteiger partial charge in [-0.15, -0.1) is 0 Å². The normalized spacial score (nSPS) is 10.3. The number of nitrogens with zero attached hydrogens (tertiary/aromatic N) is 1. The topological polar surface area (TPSA) is 67.9 Å². The number of halogens is 2. The third-order valence-corrected chi connectivity index (χ3v) is 3.91. The van der Waals surface area contributed by atoms with Gasteiger partial charge in [-0.2, -0.15) is 0 Å². The summed E-state index contributed by atoms with van der Waals surface area (Å²) in [4.78, 5) is 24.9. The zero-order chi connectivity index (χ0) is 20.5. The van der Waals surface area contributed by atoms with E-state index in [4.69, 9.17) is 9.47 Å². The minimum Gasteiger partial charge on any atom is -0.497 e. The fourth-order valence-corrected chi connectivity index (χ4v) is 2.45. The number of ether oxygens (including phenoxy) is 2. The van der Waals surface area contributed by atoms with Gasteiger partial charge in [-0.3, -0.25) is 9.59 Å². The van der Waals surface area contributed by atoms with Gasteiger partial charge in [0.1, 0.15) is 18.1 Å². The van der Waals surface area contributed by atoms with Gasteiger partial charge >= 0.3 is 0 Å². The number of hydrogen-bond acceptors (Lipinski definition) is 4. The van der Waals surface area contributed by atoms with Crippen LogP contribution in [0.2, 0.25) is 0 Å². The highest BCUT2D eigenvalue weighted by molar-refractivity contribution is 5.92. The molecule has 0 aromatic heterocycles. The summed E-state index contributed by atoms with van der Waals surface area (Å²) < 4.78 is 37.0. The number of carbonyl (C=O) groups excluding carboxylic acids is 2. The van der Waals surface area contributed by atoms with Crippen molar-refractivity contribution in [2.45, 2.75) is 13.3 Å². The molecule has 0 heterocycles. The number of hydrogen-bond donors (Lipinski definition) is 1. The lowest BCUT2D eigenvalue weighted by Crippen LogP contribution is -2.35. The van der Waals surface area contributed by atoms with Crippen molar-refractivity contribution in [1.29, 1.82) is 0 Å². The van der Waals surface area contributed by atoms with E-state index in [1.54, 1.807) is 31.4 Å². The molecule has 0 atom stereocenters. The minimum absolute atomic E-state index is 0.0150. The van der Waals surface area contributed by atoms with Crippen LogP contribution >= 0.6 is 0 Å². The van der Waals surface area contributed by atoms with Crippen LogP contribution in [-0.4, -0.2) is 38.6 Å². The number of carbonyl (C=O) groups is 2. The Morgan fingerprint density at radius 1 is 1.04 bits per heavy atom. The summed E-state index contributed by atoms with van der Waals surface area (Å²) in [6.07, 6.45) is 0.0150. The van der Waals surface area contributed by atoms with Crippen molar-refractivity contribution in [3.8, 4) is 11.5 Å². The lowest BCUT2D eigenvalue weighted by molar-refractivity contribution is -0.121. The van der Waals surface area contributed by atoms with E-state index in [1.807, 2.05) is 0 Å². The van der Waals surface area contributed by atoms with Crippen molar-refractivity contribution >= 4 is 17.5 Å². The van der Waals surface area contributed by atoms with Gasteiger partial charge in [-0.1, -0.05) is 0 Å². The maximum atomic E-state index is 13.4. The Kier molecular flexibility index (Phi) is 7.74. The second-order valence-corrected chi connectivity index (χ2v) is 5.89. The highest BCUT2D eigenvalue weighted by Gasteiger charge is 2.15. The van der Waals surface area contributed by atoms with Crippen LogP contribution in [0.1, 0.15) is 13.3 Å². The van der Waals surface area contributed by atoms with E-state index in [9.17, 15) is 18.4 Å².